The number of phenols is 1. The third kappa shape index (κ3) is 2.76. The molecule has 0 aliphatic carbocycles. The highest BCUT2D eigenvalue weighted by Gasteiger charge is 2.29. The zero-order valence-corrected chi connectivity index (χ0v) is 13.9. The number of aromatic hydroxyl groups is 1. The number of furan rings is 1. The van der Waals surface area contributed by atoms with Crippen molar-refractivity contribution in [2.75, 3.05) is 0 Å². The van der Waals surface area contributed by atoms with Crippen LogP contribution in [0.1, 0.15) is 48.1 Å². The predicted molar refractivity (Wildman–Crippen MR) is 91.9 cm³/mol. The van der Waals surface area contributed by atoms with E-state index >= 15 is 0 Å². The summed E-state index contributed by atoms with van der Waals surface area (Å²) in [4.78, 5) is 12.6. The lowest BCUT2D eigenvalue weighted by atomic mass is 9.95. The lowest BCUT2D eigenvalue weighted by Crippen LogP contribution is -2.20. The van der Waals surface area contributed by atoms with Crippen molar-refractivity contribution in [1.29, 1.82) is 0 Å². The van der Waals surface area contributed by atoms with Gasteiger partial charge in [0.1, 0.15) is 34.5 Å². The van der Waals surface area contributed by atoms with Crippen LogP contribution in [0.3, 0.4) is 0 Å². The van der Waals surface area contributed by atoms with Crippen LogP contribution in [-0.4, -0.2) is 16.0 Å². The van der Waals surface area contributed by atoms with Crippen molar-refractivity contribution < 1.29 is 24.2 Å². The van der Waals surface area contributed by atoms with Crippen molar-refractivity contribution in [2.45, 2.75) is 32.0 Å². The number of hydrogen-bond acceptors (Lipinski definition) is 5. The molecule has 25 heavy (non-hydrogen) atoms. The molecular weight excluding hydrogens is 320 g/mol. The Balaban J connectivity index is 1.75. The second kappa shape index (κ2) is 5.36. The van der Waals surface area contributed by atoms with Gasteiger partial charge in [-0.15, -0.1) is 0 Å². The van der Waals surface area contributed by atoms with E-state index < -0.39 is 11.7 Å². The maximum absolute atomic E-state index is 12.6. The molecule has 0 amide bonds. The second-order valence-corrected chi connectivity index (χ2v) is 6.88. The molecule has 0 saturated heterocycles. The molecule has 3 aromatic rings. The smallest absolute Gasteiger partial charge is 0.170 e. The Hall–Kier alpha value is -2.79. The minimum atomic E-state index is -1.10. The van der Waals surface area contributed by atoms with Gasteiger partial charge in [0, 0.05) is 11.5 Å². The van der Waals surface area contributed by atoms with Gasteiger partial charge in [-0.2, -0.15) is 0 Å². The standard InChI is InChI=1S/C20H18O5/c1-20(2,23)19-8-12-7-14-15(22)9-16(11-3-5-13(21)6-4-11)24-18(14)10-17(12)25-19/h3-8,10,16,21,23H,9H2,1-2H3. The van der Waals surface area contributed by atoms with Crippen LogP contribution in [0.4, 0.5) is 0 Å². The highest BCUT2D eigenvalue weighted by Crippen LogP contribution is 2.39. The molecule has 5 nitrogen and oxygen atoms in total. The Bertz CT molecular complexity index is 960. The Morgan fingerprint density at radius 2 is 1.84 bits per heavy atom. The summed E-state index contributed by atoms with van der Waals surface area (Å²) in [6.45, 7) is 3.29. The van der Waals surface area contributed by atoms with Crippen LogP contribution in [0.5, 0.6) is 11.5 Å². The van der Waals surface area contributed by atoms with Crippen LogP contribution in [-0.2, 0) is 5.60 Å². The predicted octanol–water partition coefficient (Wildman–Crippen LogP) is 4.07. The van der Waals surface area contributed by atoms with Gasteiger partial charge >= 0.3 is 0 Å². The first-order chi connectivity index (χ1) is 11.8. The SMILES string of the molecule is CC(C)(O)c1cc2cc3c(cc2o1)OC(c1ccc(O)cc1)CC3=O. The van der Waals surface area contributed by atoms with Gasteiger partial charge in [0.05, 0.1) is 12.0 Å². The summed E-state index contributed by atoms with van der Waals surface area (Å²) < 4.78 is 11.7. The van der Waals surface area contributed by atoms with Gasteiger partial charge in [0.25, 0.3) is 0 Å². The summed E-state index contributed by atoms with van der Waals surface area (Å²) in [5.41, 5.74) is 0.813. The lowest BCUT2D eigenvalue weighted by molar-refractivity contribution is 0.0558. The number of hydrogen-bond donors (Lipinski definition) is 2. The van der Waals surface area contributed by atoms with E-state index in [1.165, 1.54) is 0 Å². The molecule has 0 spiro atoms. The molecule has 1 aliphatic rings. The highest BCUT2D eigenvalue weighted by atomic mass is 16.5. The van der Waals surface area contributed by atoms with Crippen LogP contribution >= 0.6 is 0 Å². The Kier molecular flexibility index (Phi) is 3.37. The van der Waals surface area contributed by atoms with Crippen LogP contribution in [0.2, 0.25) is 0 Å². The molecule has 0 bridgehead atoms. The Morgan fingerprint density at radius 3 is 2.52 bits per heavy atom. The van der Waals surface area contributed by atoms with Gasteiger partial charge in [-0.25, -0.2) is 0 Å². The monoisotopic (exact) mass is 338 g/mol. The molecule has 1 unspecified atom stereocenters. The molecule has 0 saturated carbocycles. The molecule has 128 valence electrons. The Labute approximate surface area is 144 Å². The second-order valence-electron chi connectivity index (χ2n) is 6.88. The summed E-state index contributed by atoms with van der Waals surface area (Å²) in [5, 5.41) is 20.3. The third-order valence-electron chi connectivity index (χ3n) is 4.43. The number of carbonyl (C=O) groups is 1. The van der Waals surface area contributed by atoms with Gasteiger partial charge in [-0.1, -0.05) is 12.1 Å². The molecule has 1 aliphatic heterocycles. The minimum absolute atomic E-state index is 0.00719. The summed E-state index contributed by atoms with van der Waals surface area (Å²) in [5.74, 6) is 1.07. The van der Waals surface area contributed by atoms with E-state index in [0.29, 0.717) is 22.7 Å². The van der Waals surface area contributed by atoms with Crippen LogP contribution in [0, 0.1) is 0 Å². The number of benzene rings is 2. The number of Topliss-reactive ketones (excluding diaryl/α,β-unsaturated/α-hetero) is 1. The maximum atomic E-state index is 12.6. The van der Waals surface area contributed by atoms with E-state index in [0.717, 1.165) is 10.9 Å². The topological polar surface area (TPSA) is 79.9 Å². The van der Waals surface area contributed by atoms with Crippen molar-refractivity contribution in [3.63, 3.8) is 0 Å². The van der Waals surface area contributed by atoms with Crippen LogP contribution in [0.25, 0.3) is 11.0 Å². The summed E-state index contributed by atoms with van der Waals surface area (Å²) in [7, 11) is 0. The van der Waals surface area contributed by atoms with E-state index in [2.05, 4.69) is 0 Å². The van der Waals surface area contributed by atoms with Crippen molar-refractivity contribution in [2.24, 2.45) is 0 Å². The fourth-order valence-electron chi connectivity index (χ4n) is 3.03. The van der Waals surface area contributed by atoms with E-state index in [1.807, 2.05) is 0 Å². The summed E-state index contributed by atoms with van der Waals surface area (Å²) >= 11 is 0. The van der Waals surface area contributed by atoms with Crippen molar-refractivity contribution in [1.82, 2.24) is 0 Å². The fraction of sp³-hybridized carbons (Fsp3) is 0.250. The van der Waals surface area contributed by atoms with Gasteiger partial charge in [-0.05, 0) is 43.7 Å². The van der Waals surface area contributed by atoms with E-state index in [4.69, 9.17) is 9.15 Å². The molecule has 5 heteroatoms. The average molecular weight is 338 g/mol. The van der Waals surface area contributed by atoms with E-state index in [9.17, 15) is 15.0 Å². The lowest BCUT2D eigenvalue weighted by Gasteiger charge is -2.25. The maximum Gasteiger partial charge on any atom is 0.170 e. The van der Waals surface area contributed by atoms with Crippen molar-refractivity contribution in [3.05, 3.63) is 59.4 Å². The van der Waals surface area contributed by atoms with Gasteiger partial charge in [0.2, 0.25) is 0 Å². The zero-order valence-electron chi connectivity index (χ0n) is 13.9. The number of carbonyl (C=O) groups excluding carboxylic acids is 1. The van der Waals surface area contributed by atoms with Crippen LogP contribution in [0.15, 0.2) is 46.9 Å². The normalized spacial score (nSPS) is 17.4. The molecule has 0 radical (unpaired) electrons. The number of phenolic OH excluding ortho intramolecular Hbond substituents is 1. The van der Waals surface area contributed by atoms with Gasteiger partial charge in [-0.3, -0.25) is 4.79 Å². The number of ether oxygens (including phenoxy) is 1. The molecule has 1 atom stereocenters. The van der Waals surface area contributed by atoms with Crippen LogP contribution < -0.4 is 4.74 Å². The van der Waals surface area contributed by atoms with E-state index in [-0.39, 0.29) is 18.0 Å². The third-order valence-corrected chi connectivity index (χ3v) is 4.43. The summed E-state index contributed by atoms with van der Waals surface area (Å²) in [6.07, 6.45) is -0.166. The molecule has 4 rings (SSSR count). The number of rotatable bonds is 2. The van der Waals surface area contributed by atoms with Crippen molar-refractivity contribution >= 4 is 16.8 Å². The minimum Gasteiger partial charge on any atom is -0.508 e. The molecule has 2 N–H and O–H groups in total. The van der Waals surface area contributed by atoms with Crippen molar-refractivity contribution in [3.8, 4) is 11.5 Å². The number of fused-ring (bicyclic) bond motifs is 2. The summed E-state index contributed by atoms with van der Waals surface area (Å²) in [6, 6.07) is 11.8. The quantitative estimate of drug-likeness (QED) is 0.736. The average Bonchev–Trinajstić information content (AvgIpc) is 2.97. The Morgan fingerprint density at radius 1 is 1.12 bits per heavy atom. The molecule has 2 aromatic carbocycles. The zero-order chi connectivity index (χ0) is 17.8. The first-order valence-electron chi connectivity index (χ1n) is 8.10. The molecule has 1 aromatic heterocycles. The highest BCUT2D eigenvalue weighted by molar-refractivity contribution is 6.03. The molecule has 2 heterocycles. The fourth-order valence-corrected chi connectivity index (χ4v) is 3.03. The molecule has 0 fully saturated rings. The van der Waals surface area contributed by atoms with Gasteiger partial charge in [0.15, 0.2) is 5.78 Å². The number of ketones is 1. The molecular formula is C20H18O5. The first kappa shape index (κ1) is 15.7. The van der Waals surface area contributed by atoms with Gasteiger partial charge < -0.3 is 19.4 Å². The first-order valence-corrected chi connectivity index (χ1v) is 8.10. The van der Waals surface area contributed by atoms with E-state index in [1.54, 1.807) is 56.3 Å². The number of aliphatic hydroxyl groups is 1. The largest absolute Gasteiger partial charge is 0.508 e.